The largest absolute Gasteiger partial charge is 0.497 e. The molecular formula is C20H34O8. The molecular weight excluding hydrogens is 368 g/mol. The van der Waals surface area contributed by atoms with E-state index in [1.54, 1.807) is 7.11 Å². The third-order valence-corrected chi connectivity index (χ3v) is 3.52. The third-order valence-electron chi connectivity index (χ3n) is 3.52. The molecule has 0 spiro atoms. The van der Waals surface area contributed by atoms with Gasteiger partial charge in [-0.05, 0) is 17.7 Å². The molecule has 0 aromatic heterocycles. The van der Waals surface area contributed by atoms with Gasteiger partial charge in [-0.3, -0.25) is 0 Å². The average Bonchev–Trinajstić information content (AvgIpc) is 2.73. The predicted molar refractivity (Wildman–Crippen MR) is 104 cm³/mol. The summed E-state index contributed by atoms with van der Waals surface area (Å²) in [5.41, 5.74) is 1.10. The number of hydrogen-bond donors (Lipinski definition) is 1. The molecule has 0 saturated carbocycles. The first-order valence-electron chi connectivity index (χ1n) is 9.57. The molecule has 0 aliphatic heterocycles. The van der Waals surface area contributed by atoms with Crippen LogP contribution in [0, 0.1) is 0 Å². The van der Waals surface area contributed by atoms with Gasteiger partial charge in [0.15, 0.2) is 0 Å². The number of hydrogen-bond acceptors (Lipinski definition) is 8. The van der Waals surface area contributed by atoms with Gasteiger partial charge in [0.2, 0.25) is 0 Å². The van der Waals surface area contributed by atoms with Gasteiger partial charge < -0.3 is 38.3 Å². The summed E-state index contributed by atoms with van der Waals surface area (Å²) in [6.07, 6.45) is 0. The summed E-state index contributed by atoms with van der Waals surface area (Å²) < 4.78 is 37.3. The molecule has 1 aromatic carbocycles. The van der Waals surface area contributed by atoms with Gasteiger partial charge in [0.1, 0.15) is 5.75 Å². The first-order chi connectivity index (χ1) is 13.9. The highest BCUT2D eigenvalue weighted by molar-refractivity contribution is 5.26. The second kappa shape index (κ2) is 19.1. The van der Waals surface area contributed by atoms with Crippen LogP contribution < -0.4 is 4.74 Å². The van der Waals surface area contributed by atoms with Crippen molar-refractivity contribution in [3.63, 3.8) is 0 Å². The van der Waals surface area contributed by atoms with Gasteiger partial charge in [-0.15, -0.1) is 0 Å². The fraction of sp³-hybridized carbons (Fsp3) is 0.700. The Balaban J connectivity index is 1.74. The lowest BCUT2D eigenvalue weighted by atomic mass is 10.2. The van der Waals surface area contributed by atoms with Gasteiger partial charge in [0.25, 0.3) is 0 Å². The van der Waals surface area contributed by atoms with Crippen molar-refractivity contribution < 1.29 is 38.3 Å². The van der Waals surface area contributed by atoms with Crippen molar-refractivity contribution in [2.75, 3.05) is 86.4 Å². The molecule has 8 nitrogen and oxygen atoms in total. The van der Waals surface area contributed by atoms with Gasteiger partial charge in [0.05, 0.1) is 93.0 Å². The molecule has 0 unspecified atom stereocenters. The van der Waals surface area contributed by atoms with Crippen LogP contribution in [0.4, 0.5) is 0 Å². The van der Waals surface area contributed by atoms with Crippen molar-refractivity contribution in [3.8, 4) is 5.75 Å². The Labute approximate surface area is 167 Å². The molecule has 0 aliphatic rings. The Hall–Kier alpha value is -1.26. The van der Waals surface area contributed by atoms with E-state index >= 15 is 0 Å². The normalized spacial score (nSPS) is 11.1. The molecule has 0 fully saturated rings. The Morgan fingerprint density at radius 1 is 0.571 bits per heavy atom. The van der Waals surface area contributed by atoms with E-state index < -0.39 is 0 Å². The van der Waals surface area contributed by atoms with Crippen LogP contribution >= 0.6 is 0 Å². The van der Waals surface area contributed by atoms with Crippen LogP contribution in [0.5, 0.6) is 5.75 Å². The first kappa shape index (κ1) is 24.8. The Kier molecular flexibility index (Phi) is 16.9. The number of aliphatic hydroxyl groups excluding tert-OH is 1. The maximum atomic E-state index is 8.53. The van der Waals surface area contributed by atoms with Gasteiger partial charge in [-0.25, -0.2) is 0 Å². The molecule has 1 rings (SSSR count). The van der Waals surface area contributed by atoms with Crippen LogP contribution in [0.1, 0.15) is 5.56 Å². The molecule has 0 aliphatic carbocycles. The standard InChI is InChI=1S/C20H34O8/c1-22-20-4-2-19(3-5-20)18-28-17-16-27-15-14-26-13-12-25-11-10-24-9-8-23-7-6-21/h2-5,21H,6-18H2,1H3. The Morgan fingerprint density at radius 3 is 1.36 bits per heavy atom. The van der Waals surface area contributed by atoms with E-state index in [0.717, 1.165) is 11.3 Å². The zero-order valence-corrected chi connectivity index (χ0v) is 16.8. The van der Waals surface area contributed by atoms with Crippen molar-refractivity contribution in [2.24, 2.45) is 0 Å². The van der Waals surface area contributed by atoms with Gasteiger partial charge >= 0.3 is 0 Å². The van der Waals surface area contributed by atoms with Crippen LogP contribution in [-0.2, 0) is 35.0 Å². The molecule has 0 amide bonds. The molecule has 0 bridgehead atoms. The average molecular weight is 402 g/mol. The number of aliphatic hydroxyl groups is 1. The zero-order chi connectivity index (χ0) is 20.1. The Bertz CT molecular complexity index is 440. The summed E-state index contributed by atoms with van der Waals surface area (Å²) in [7, 11) is 1.65. The molecule has 8 heteroatoms. The summed E-state index contributed by atoms with van der Waals surface area (Å²) in [4.78, 5) is 0. The minimum absolute atomic E-state index is 0.0342. The number of methoxy groups -OCH3 is 1. The van der Waals surface area contributed by atoms with E-state index in [4.69, 9.17) is 38.3 Å². The van der Waals surface area contributed by atoms with Crippen LogP contribution in [0.15, 0.2) is 24.3 Å². The van der Waals surface area contributed by atoms with Gasteiger partial charge in [-0.1, -0.05) is 12.1 Å². The minimum atomic E-state index is 0.0342. The summed E-state index contributed by atoms with van der Waals surface area (Å²) in [6, 6.07) is 7.79. The van der Waals surface area contributed by atoms with Crippen molar-refractivity contribution in [1.82, 2.24) is 0 Å². The summed E-state index contributed by atoms with van der Waals surface area (Å²) in [5.74, 6) is 0.839. The molecule has 1 N–H and O–H groups in total. The SMILES string of the molecule is COc1ccc(COCCOCCOCCOCCOCCOCCO)cc1. The smallest absolute Gasteiger partial charge is 0.118 e. The summed E-state index contributed by atoms with van der Waals surface area (Å²) in [6.45, 7) is 6.14. The van der Waals surface area contributed by atoms with E-state index in [1.807, 2.05) is 24.3 Å². The van der Waals surface area contributed by atoms with E-state index in [-0.39, 0.29) is 6.61 Å². The highest BCUT2D eigenvalue weighted by Gasteiger charge is 1.96. The summed E-state index contributed by atoms with van der Waals surface area (Å²) >= 11 is 0. The molecule has 0 atom stereocenters. The molecule has 28 heavy (non-hydrogen) atoms. The van der Waals surface area contributed by atoms with Crippen molar-refractivity contribution in [2.45, 2.75) is 6.61 Å². The number of benzene rings is 1. The number of ether oxygens (including phenoxy) is 7. The van der Waals surface area contributed by atoms with E-state index in [1.165, 1.54) is 0 Å². The second-order valence-electron chi connectivity index (χ2n) is 5.69. The van der Waals surface area contributed by atoms with Crippen molar-refractivity contribution in [3.05, 3.63) is 29.8 Å². The topological polar surface area (TPSA) is 84.8 Å². The van der Waals surface area contributed by atoms with Crippen molar-refractivity contribution >= 4 is 0 Å². The Morgan fingerprint density at radius 2 is 0.964 bits per heavy atom. The molecule has 0 heterocycles. The van der Waals surface area contributed by atoms with E-state index in [9.17, 15) is 0 Å². The fourth-order valence-corrected chi connectivity index (χ4v) is 2.08. The van der Waals surface area contributed by atoms with Gasteiger partial charge in [-0.2, -0.15) is 0 Å². The summed E-state index contributed by atoms with van der Waals surface area (Å²) in [5, 5.41) is 8.53. The molecule has 0 radical (unpaired) electrons. The van der Waals surface area contributed by atoms with Crippen LogP contribution in [0.3, 0.4) is 0 Å². The molecule has 1 aromatic rings. The lowest BCUT2D eigenvalue weighted by Crippen LogP contribution is -2.14. The monoisotopic (exact) mass is 402 g/mol. The van der Waals surface area contributed by atoms with Gasteiger partial charge in [0, 0.05) is 0 Å². The third kappa shape index (κ3) is 14.8. The fourth-order valence-electron chi connectivity index (χ4n) is 2.08. The lowest BCUT2D eigenvalue weighted by Gasteiger charge is -2.08. The maximum absolute atomic E-state index is 8.53. The van der Waals surface area contributed by atoms with Crippen LogP contribution in [0.2, 0.25) is 0 Å². The second-order valence-corrected chi connectivity index (χ2v) is 5.69. The maximum Gasteiger partial charge on any atom is 0.118 e. The molecule has 0 saturated heterocycles. The quantitative estimate of drug-likeness (QED) is 0.327. The highest BCUT2D eigenvalue weighted by Crippen LogP contribution is 2.11. The van der Waals surface area contributed by atoms with Crippen molar-refractivity contribution in [1.29, 1.82) is 0 Å². The van der Waals surface area contributed by atoms with E-state index in [2.05, 4.69) is 0 Å². The predicted octanol–water partition coefficient (Wildman–Crippen LogP) is 1.29. The minimum Gasteiger partial charge on any atom is -0.497 e. The molecule has 162 valence electrons. The van der Waals surface area contributed by atoms with Crippen LogP contribution in [0.25, 0.3) is 0 Å². The zero-order valence-electron chi connectivity index (χ0n) is 16.8. The number of rotatable bonds is 20. The first-order valence-corrected chi connectivity index (χ1v) is 9.57. The van der Waals surface area contributed by atoms with Crippen LogP contribution in [-0.4, -0.2) is 91.5 Å². The highest BCUT2D eigenvalue weighted by atomic mass is 16.6. The lowest BCUT2D eigenvalue weighted by molar-refractivity contribution is -0.0190. The van der Waals surface area contributed by atoms with E-state index in [0.29, 0.717) is 79.3 Å².